The zero-order valence-corrected chi connectivity index (χ0v) is 18.7. The average Bonchev–Trinajstić information content (AvgIpc) is 3.00. The number of nitrogens with zero attached hydrogens (tertiary/aromatic N) is 1. The van der Waals surface area contributed by atoms with Crippen LogP contribution in [0.3, 0.4) is 0 Å². The maximum absolute atomic E-state index is 10.5. The van der Waals surface area contributed by atoms with E-state index in [-0.39, 0.29) is 22.9 Å². The number of nitrogens with one attached hydrogen (secondary N) is 2. The predicted octanol–water partition coefficient (Wildman–Crippen LogP) is 3.66. The van der Waals surface area contributed by atoms with Gasteiger partial charge in [0.1, 0.15) is 11.6 Å². The van der Waals surface area contributed by atoms with E-state index >= 15 is 0 Å². The maximum Gasteiger partial charge on any atom is 0.125 e. The van der Waals surface area contributed by atoms with Gasteiger partial charge in [0, 0.05) is 58.1 Å². The molecule has 31 heavy (non-hydrogen) atoms. The van der Waals surface area contributed by atoms with Crippen LogP contribution in [0.25, 0.3) is 17.3 Å². The summed E-state index contributed by atoms with van der Waals surface area (Å²) in [6.45, 7) is 8.87. The van der Waals surface area contributed by atoms with Gasteiger partial charge >= 0.3 is 0 Å². The van der Waals surface area contributed by atoms with Crippen molar-refractivity contribution in [3.63, 3.8) is 0 Å². The lowest BCUT2D eigenvalue weighted by Gasteiger charge is -2.47. The Balaban J connectivity index is 1.90. The van der Waals surface area contributed by atoms with Gasteiger partial charge in [0.2, 0.25) is 0 Å². The van der Waals surface area contributed by atoms with Crippen molar-refractivity contribution >= 4 is 29.4 Å². The van der Waals surface area contributed by atoms with E-state index in [1.165, 1.54) is 6.20 Å². The van der Waals surface area contributed by atoms with Crippen molar-refractivity contribution in [1.29, 1.82) is 5.41 Å². The molecule has 0 unspecified atom stereocenters. The lowest BCUT2D eigenvalue weighted by molar-refractivity contribution is 0.134. The van der Waals surface area contributed by atoms with Gasteiger partial charge in [-0.2, -0.15) is 0 Å². The molecule has 1 saturated heterocycles. The Morgan fingerprint density at radius 3 is 2.39 bits per heavy atom. The maximum atomic E-state index is 10.5. The lowest BCUT2D eigenvalue weighted by Crippen LogP contribution is -2.57. The van der Waals surface area contributed by atoms with Gasteiger partial charge in [0.15, 0.2) is 0 Å². The molecule has 0 amide bonds. The molecule has 0 spiro atoms. The van der Waals surface area contributed by atoms with E-state index < -0.39 is 0 Å². The van der Waals surface area contributed by atoms with Gasteiger partial charge in [-0.05, 0) is 70.4 Å². The summed E-state index contributed by atoms with van der Waals surface area (Å²) in [6.07, 6.45) is 8.21. The average molecular weight is 423 g/mol. The Kier molecular flexibility index (Phi) is 5.91. The van der Waals surface area contributed by atoms with Crippen LogP contribution in [-0.2, 0) is 0 Å². The van der Waals surface area contributed by atoms with Crippen LogP contribution in [0.15, 0.2) is 36.7 Å². The number of allylic oxidation sites excluding steroid dienone is 1. The second-order valence-electron chi connectivity index (χ2n) is 9.62. The number of benzene rings is 1. The molecule has 0 radical (unpaired) electrons. The van der Waals surface area contributed by atoms with Crippen molar-refractivity contribution < 1.29 is 5.11 Å². The van der Waals surface area contributed by atoms with Crippen molar-refractivity contribution in [3.05, 3.63) is 53.4 Å². The standard InChI is InChI=1S/C24H34N6O/c1-23(2)11-18(12-24(3,4)29-23)30-8-7-16(22(30)28)9-20(27)19-6-5-15(10-21(19)31)17(13-25)14-26/h5-10,13-14,18,25,29,31H,11-12,26-28H2,1-4H3/b17-14+,20-9-,25-13?. The largest absolute Gasteiger partial charge is 0.507 e. The Labute approximate surface area is 184 Å². The van der Waals surface area contributed by atoms with E-state index in [2.05, 4.69) is 37.6 Å². The van der Waals surface area contributed by atoms with Gasteiger partial charge in [-0.1, -0.05) is 6.07 Å². The molecule has 9 N–H and O–H groups in total. The number of nitrogens with two attached hydrogens (primary N) is 3. The Hall–Kier alpha value is -3.19. The van der Waals surface area contributed by atoms with Crippen LogP contribution in [0.4, 0.5) is 5.82 Å². The van der Waals surface area contributed by atoms with E-state index in [0.717, 1.165) is 24.6 Å². The van der Waals surface area contributed by atoms with Crippen molar-refractivity contribution in [2.45, 2.75) is 57.7 Å². The lowest BCUT2D eigenvalue weighted by atomic mass is 9.79. The normalized spacial score (nSPS) is 19.4. The number of hydrogen-bond acceptors (Lipinski definition) is 6. The smallest absolute Gasteiger partial charge is 0.125 e. The number of rotatable bonds is 5. The molecule has 0 atom stereocenters. The van der Waals surface area contributed by atoms with E-state index in [1.807, 2.05) is 12.3 Å². The summed E-state index contributed by atoms with van der Waals surface area (Å²) in [5.74, 6) is 0.682. The van der Waals surface area contributed by atoms with Crippen molar-refractivity contribution in [3.8, 4) is 5.75 Å². The molecule has 0 bridgehead atoms. The van der Waals surface area contributed by atoms with Gasteiger partial charge in [0.25, 0.3) is 0 Å². The summed E-state index contributed by atoms with van der Waals surface area (Å²) in [7, 11) is 0. The minimum Gasteiger partial charge on any atom is -0.507 e. The minimum atomic E-state index is 0.0129. The molecule has 1 aromatic carbocycles. The molecule has 166 valence electrons. The molecule has 1 aliphatic heterocycles. The number of aromatic hydroxyl groups is 1. The fraction of sp³-hybridized carbons (Fsp3) is 0.375. The third-order valence-electron chi connectivity index (χ3n) is 5.84. The molecule has 3 rings (SSSR count). The summed E-state index contributed by atoms with van der Waals surface area (Å²) < 4.78 is 2.13. The first-order chi connectivity index (χ1) is 14.5. The molecular weight excluding hydrogens is 388 g/mol. The van der Waals surface area contributed by atoms with Gasteiger partial charge in [-0.3, -0.25) is 0 Å². The molecule has 1 aliphatic rings. The molecule has 0 aliphatic carbocycles. The number of anilines is 1. The van der Waals surface area contributed by atoms with Gasteiger partial charge in [-0.15, -0.1) is 0 Å². The highest BCUT2D eigenvalue weighted by Gasteiger charge is 2.38. The van der Waals surface area contributed by atoms with Gasteiger partial charge in [0.05, 0.1) is 0 Å². The summed E-state index contributed by atoms with van der Waals surface area (Å²) in [5, 5.41) is 21.6. The first-order valence-corrected chi connectivity index (χ1v) is 10.5. The summed E-state index contributed by atoms with van der Waals surface area (Å²) >= 11 is 0. The number of piperidine rings is 1. The highest BCUT2D eigenvalue weighted by molar-refractivity contribution is 6.08. The summed E-state index contributed by atoms with van der Waals surface area (Å²) in [6, 6.07) is 7.28. The quantitative estimate of drug-likeness (QED) is 0.408. The van der Waals surface area contributed by atoms with Crippen molar-refractivity contribution in [2.75, 3.05) is 5.73 Å². The van der Waals surface area contributed by atoms with Crippen molar-refractivity contribution in [1.82, 2.24) is 9.88 Å². The van der Waals surface area contributed by atoms with Crippen LogP contribution in [-0.4, -0.2) is 27.0 Å². The molecule has 2 heterocycles. The Morgan fingerprint density at radius 1 is 1.19 bits per heavy atom. The Bertz CT molecular complexity index is 1030. The number of nitrogen functional groups attached to an aromatic ring is 1. The number of aromatic nitrogens is 1. The topological polar surface area (TPSA) is 139 Å². The second-order valence-corrected chi connectivity index (χ2v) is 9.62. The van der Waals surface area contributed by atoms with Crippen LogP contribution in [0.1, 0.15) is 63.3 Å². The predicted molar refractivity (Wildman–Crippen MR) is 130 cm³/mol. The monoisotopic (exact) mass is 422 g/mol. The molecule has 1 fully saturated rings. The molecule has 2 aromatic rings. The van der Waals surface area contributed by atoms with E-state index in [1.54, 1.807) is 24.3 Å². The molecule has 7 nitrogen and oxygen atoms in total. The van der Waals surface area contributed by atoms with Crippen LogP contribution >= 0.6 is 0 Å². The second kappa shape index (κ2) is 8.15. The first kappa shape index (κ1) is 22.5. The fourth-order valence-electron chi connectivity index (χ4n) is 4.81. The summed E-state index contributed by atoms with van der Waals surface area (Å²) in [4.78, 5) is 0. The molecule has 1 aromatic heterocycles. The van der Waals surface area contributed by atoms with Crippen LogP contribution in [0.2, 0.25) is 0 Å². The highest BCUT2D eigenvalue weighted by Crippen LogP contribution is 2.38. The van der Waals surface area contributed by atoms with Crippen molar-refractivity contribution in [2.24, 2.45) is 11.5 Å². The number of hydrogen-bond donors (Lipinski definition) is 6. The van der Waals surface area contributed by atoms with Gasteiger partial charge < -0.3 is 37.6 Å². The molecular formula is C24H34N6O. The SMILES string of the molecule is CC1(C)CC(n2ccc(/C=C(\N)c3ccc(/C(C=N)=C/N)cc3O)c2N)CC(C)(C)N1. The van der Waals surface area contributed by atoms with E-state index in [9.17, 15) is 5.11 Å². The number of phenolic OH excluding ortho intramolecular Hbond substituents is 1. The fourth-order valence-corrected chi connectivity index (χ4v) is 4.81. The van der Waals surface area contributed by atoms with Crippen LogP contribution in [0.5, 0.6) is 5.75 Å². The van der Waals surface area contributed by atoms with Crippen LogP contribution in [0, 0.1) is 5.41 Å². The Morgan fingerprint density at radius 2 is 1.84 bits per heavy atom. The van der Waals surface area contributed by atoms with Gasteiger partial charge in [-0.25, -0.2) is 0 Å². The summed E-state index contributed by atoms with van der Waals surface area (Å²) in [5.41, 5.74) is 21.3. The third-order valence-corrected chi connectivity index (χ3v) is 5.84. The first-order valence-electron chi connectivity index (χ1n) is 10.5. The molecule has 7 heteroatoms. The molecule has 0 saturated carbocycles. The van der Waals surface area contributed by atoms with Crippen LogP contribution < -0.4 is 22.5 Å². The zero-order valence-electron chi connectivity index (χ0n) is 18.7. The zero-order chi connectivity index (χ0) is 23.0. The number of phenols is 1. The highest BCUT2D eigenvalue weighted by atomic mass is 16.3. The minimum absolute atomic E-state index is 0.0129. The van der Waals surface area contributed by atoms with E-state index in [0.29, 0.717) is 28.2 Å². The van der Waals surface area contributed by atoms with E-state index in [4.69, 9.17) is 22.6 Å². The third kappa shape index (κ3) is 4.77.